The summed E-state index contributed by atoms with van der Waals surface area (Å²) in [5.41, 5.74) is 0.399. The molecule has 1 aliphatic rings. The minimum atomic E-state index is -1.01. The molecule has 0 saturated carbocycles. The molecular formula is C21H25NO3. The summed E-state index contributed by atoms with van der Waals surface area (Å²) in [5, 5.41) is 0. The summed E-state index contributed by atoms with van der Waals surface area (Å²) >= 11 is 0. The smallest absolute Gasteiger partial charge is 0.198 e. The molecule has 0 spiro atoms. The van der Waals surface area contributed by atoms with Gasteiger partial charge in [0.15, 0.2) is 11.3 Å². The Hall–Kier alpha value is -2.75. The van der Waals surface area contributed by atoms with E-state index >= 15 is 0 Å². The van der Waals surface area contributed by atoms with Crippen LogP contribution >= 0.6 is 0 Å². The number of hydrogen-bond donors (Lipinski definition) is 0. The van der Waals surface area contributed by atoms with Crippen molar-refractivity contribution < 1.29 is 14.3 Å². The highest BCUT2D eigenvalue weighted by atomic mass is 16.5. The van der Waals surface area contributed by atoms with Crippen LogP contribution in [0, 0.1) is 0 Å². The molecule has 2 rings (SSSR count). The van der Waals surface area contributed by atoms with Gasteiger partial charge in [0, 0.05) is 24.2 Å². The zero-order valence-corrected chi connectivity index (χ0v) is 14.8. The van der Waals surface area contributed by atoms with Crippen molar-refractivity contribution >= 4 is 11.5 Å². The monoisotopic (exact) mass is 339 g/mol. The third kappa shape index (κ3) is 3.12. The van der Waals surface area contributed by atoms with E-state index in [0.717, 1.165) is 5.69 Å². The Morgan fingerprint density at radius 3 is 2.60 bits per heavy atom. The first-order chi connectivity index (χ1) is 12.1. The molecule has 132 valence electrons. The first kappa shape index (κ1) is 18.6. The Balaban J connectivity index is 2.57. The van der Waals surface area contributed by atoms with Gasteiger partial charge in [-0.05, 0) is 25.1 Å². The van der Waals surface area contributed by atoms with Gasteiger partial charge in [-0.15, -0.1) is 13.2 Å². The van der Waals surface area contributed by atoms with Crippen molar-refractivity contribution in [1.29, 1.82) is 0 Å². The fraction of sp³-hybridized carbons (Fsp3) is 0.286. The first-order valence-corrected chi connectivity index (χ1v) is 8.30. The Labute approximate surface area is 149 Å². The van der Waals surface area contributed by atoms with Crippen LogP contribution in [-0.4, -0.2) is 31.1 Å². The van der Waals surface area contributed by atoms with E-state index in [1.165, 1.54) is 0 Å². The Morgan fingerprint density at radius 2 is 2.00 bits per heavy atom. The van der Waals surface area contributed by atoms with Crippen LogP contribution in [0.3, 0.4) is 0 Å². The number of hydrogen-bond acceptors (Lipinski definition) is 4. The second-order valence-electron chi connectivity index (χ2n) is 5.72. The second kappa shape index (κ2) is 7.88. The van der Waals surface area contributed by atoms with Gasteiger partial charge in [0.25, 0.3) is 0 Å². The van der Waals surface area contributed by atoms with E-state index in [1.807, 2.05) is 24.0 Å². The van der Waals surface area contributed by atoms with Crippen molar-refractivity contribution in [2.45, 2.75) is 18.9 Å². The second-order valence-corrected chi connectivity index (χ2v) is 5.72. The molecule has 1 heterocycles. The molecular weight excluding hydrogens is 314 g/mol. The third-order valence-electron chi connectivity index (χ3n) is 4.24. The van der Waals surface area contributed by atoms with Crippen LogP contribution in [0.5, 0.6) is 5.75 Å². The molecule has 1 aromatic rings. The molecule has 0 N–H and O–H groups in total. The highest BCUT2D eigenvalue weighted by Crippen LogP contribution is 2.46. The maximum absolute atomic E-state index is 13.4. The molecule has 25 heavy (non-hydrogen) atoms. The molecule has 0 saturated heterocycles. The number of rotatable bonds is 10. The number of carbonyl (C=O) groups excluding carboxylic acids is 1. The highest BCUT2D eigenvalue weighted by Gasteiger charge is 2.53. The third-order valence-corrected chi connectivity index (χ3v) is 4.24. The van der Waals surface area contributed by atoms with Gasteiger partial charge in [0.05, 0.1) is 6.61 Å². The van der Waals surface area contributed by atoms with Gasteiger partial charge in [-0.2, -0.15) is 0 Å². The summed E-state index contributed by atoms with van der Waals surface area (Å²) in [7, 11) is 0. The van der Waals surface area contributed by atoms with Crippen LogP contribution in [0.25, 0.3) is 0 Å². The molecule has 4 heteroatoms. The molecule has 0 fully saturated rings. The number of benzene rings is 1. The molecule has 4 nitrogen and oxygen atoms in total. The number of anilines is 1. The fourth-order valence-corrected chi connectivity index (χ4v) is 3.21. The summed E-state index contributed by atoms with van der Waals surface area (Å²) in [6.07, 6.45) is 5.55. The normalized spacial score (nSPS) is 18.4. The van der Waals surface area contributed by atoms with E-state index in [1.54, 1.807) is 24.3 Å². The van der Waals surface area contributed by atoms with Crippen molar-refractivity contribution in [2.24, 2.45) is 0 Å². The fourth-order valence-electron chi connectivity index (χ4n) is 3.21. The van der Waals surface area contributed by atoms with E-state index in [4.69, 9.17) is 9.47 Å². The SMILES string of the molecule is C=CCOc1ccc2c(c1)C(=O)C(CC=C)(C(=C)OCC)N2CC=C. The van der Waals surface area contributed by atoms with Crippen molar-refractivity contribution in [1.82, 2.24) is 0 Å². The number of fused-ring (bicyclic) bond motifs is 1. The molecule has 0 radical (unpaired) electrons. The highest BCUT2D eigenvalue weighted by molar-refractivity contribution is 6.16. The lowest BCUT2D eigenvalue weighted by molar-refractivity contribution is 0.0855. The van der Waals surface area contributed by atoms with Gasteiger partial charge in [0.2, 0.25) is 0 Å². The molecule has 0 bridgehead atoms. The van der Waals surface area contributed by atoms with Gasteiger partial charge >= 0.3 is 0 Å². The van der Waals surface area contributed by atoms with Gasteiger partial charge < -0.3 is 14.4 Å². The molecule has 0 amide bonds. The Kier molecular flexibility index (Phi) is 5.86. The quantitative estimate of drug-likeness (QED) is 0.470. The number of ketones is 1. The first-order valence-electron chi connectivity index (χ1n) is 8.30. The molecule has 1 aromatic carbocycles. The van der Waals surface area contributed by atoms with Crippen LogP contribution in [0.1, 0.15) is 23.7 Å². The van der Waals surface area contributed by atoms with Crippen molar-refractivity contribution in [3.05, 3.63) is 74.1 Å². The van der Waals surface area contributed by atoms with Crippen LogP contribution in [0.2, 0.25) is 0 Å². The largest absolute Gasteiger partial charge is 0.496 e. The van der Waals surface area contributed by atoms with E-state index in [-0.39, 0.29) is 5.78 Å². The number of ether oxygens (including phenoxy) is 2. The summed E-state index contributed by atoms with van der Waals surface area (Å²) in [5.74, 6) is 0.986. The maximum atomic E-state index is 13.4. The zero-order valence-electron chi connectivity index (χ0n) is 14.8. The molecule has 1 aliphatic heterocycles. The van der Waals surface area contributed by atoms with Crippen molar-refractivity contribution in [3.8, 4) is 5.75 Å². The number of Topliss-reactive ketones (excluding diaryl/α,β-unsaturated/α-hetero) is 1. The summed E-state index contributed by atoms with van der Waals surface area (Å²) < 4.78 is 11.2. The van der Waals surface area contributed by atoms with Crippen LogP contribution < -0.4 is 9.64 Å². The predicted octanol–water partition coefficient (Wildman–Crippen LogP) is 4.31. The molecule has 0 aliphatic carbocycles. The Morgan fingerprint density at radius 1 is 1.24 bits per heavy atom. The van der Waals surface area contributed by atoms with Gasteiger partial charge in [-0.1, -0.05) is 31.4 Å². The number of carbonyl (C=O) groups is 1. The summed E-state index contributed by atoms with van der Waals surface area (Å²) in [6, 6.07) is 5.50. The minimum absolute atomic E-state index is 0.0632. The average molecular weight is 339 g/mol. The standard InChI is InChI=1S/C21H25NO3/c1-6-12-21(16(5)24-9-4)20(23)18-15-17(25-14-8-3)10-11-19(18)22(21)13-7-2/h6-8,10-11,15H,1-3,5,9,12-14H2,4H3. The van der Waals surface area contributed by atoms with E-state index < -0.39 is 5.54 Å². The molecule has 1 unspecified atom stereocenters. The van der Waals surface area contributed by atoms with Crippen molar-refractivity contribution in [2.75, 3.05) is 24.7 Å². The van der Waals surface area contributed by atoms with Crippen molar-refractivity contribution in [3.63, 3.8) is 0 Å². The molecule has 1 atom stereocenters. The lowest BCUT2D eigenvalue weighted by Gasteiger charge is -2.38. The number of nitrogens with zero attached hydrogens (tertiary/aromatic N) is 1. The van der Waals surface area contributed by atoms with Crippen LogP contribution in [0.15, 0.2) is 68.5 Å². The lowest BCUT2D eigenvalue weighted by atomic mass is 9.87. The summed E-state index contributed by atoms with van der Waals surface area (Å²) in [4.78, 5) is 15.4. The lowest BCUT2D eigenvalue weighted by Crippen LogP contribution is -2.52. The average Bonchev–Trinajstić information content (AvgIpc) is 2.84. The predicted molar refractivity (Wildman–Crippen MR) is 102 cm³/mol. The van der Waals surface area contributed by atoms with Crippen LogP contribution in [-0.2, 0) is 4.74 Å². The summed E-state index contributed by atoms with van der Waals surface area (Å²) in [6.45, 7) is 18.5. The van der Waals surface area contributed by atoms with Gasteiger partial charge in [0.1, 0.15) is 18.1 Å². The van der Waals surface area contributed by atoms with Crippen LogP contribution in [0.4, 0.5) is 5.69 Å². The topological polar surface area (TPSA) is 38.8 Å². The van der Waals surface area contributed by atoms with Gasteiger partial charge in [-0.25, -0.2) is 0 Å². The van der Waals surface area contributed by atoms with Gasteiger partial charge in [-0.3, -0.25) is 4.79 Å². The minimum Gasteiger partial charge on any atom is -0.496 e. The zero-order chi connectivity index (χ0) is 18.4. The van der Waals surface area contributed by atoms with E-state index in [2.05, 4.69) is 26.3 Å². The molecule has 0 aromatic heterocycles. The Bertz CT molecular complexity index is 707. The van der Waals surface area contributed by atoms with E-state index in [0.29, 0.717) is 43.3 Å². The maximum Gasteiger partial charge on any atom is 0.198 e. The van der Waals surface area contributed by atoms with E-state index in [9.17, 15) is 4.79 Å².